The van der Waals surface area contributed by atoms with Gasteiger partial charge in [0.25, 0.3) is 5.56 Å². The Morgan fingerprint density at radius 1 is 0.947 bits per heavy atom. The van der Waals surface area contributed by atoms with Crippen LogP contribution in [0.1, 0.15) is 5.56 Å². The van der Waals surface area contributed by atoms with Gasteiger partial charge in [0, 0.05) is 16.3 Å². The van der Waals surface area contributed by atoms with Crippen LogP contribution in [0.2, 0.25) is 0 Å². The van der Waals surface area contributed by atoms with Gasteiger partial charge < -0.3 is 5.11 Å². The molecule has 0 fully saturated rings. The maximum Gasteiger partial charge on any atom is 0.257 e. The van der Waals surface area contributed by atoms with Crippen LogP contribution in [0.15, 0.2) is 47.3 Å². The van der Waals surface area contributed by atoms with E-state index in [2.05, 4.69) is 0 Å². The van der Waals surface area contributed by atoms with E-state index >= 15 is 0 Å². The molecule has 0 atom stereocenters. The van der Waals surface area contributed by atoms with E-state index in [1.54, 1.807) is 17.4 Å². The molecule has 19 heavy (non-hydrogen) atoms. The van der Waals surface area contributed by atoms with Crippen LogP contribution in [0.4, 0.5) is 0 Å². The van der Waals surface area contributed by atoms with Gasteiger partial charge in [-0.25, -0.2) is 0 Å². The fraction of sp³-hybridized carbons (Fsp3) is 0.0625. The van der Waals surface area contributed by atoms with Gasteiger partial charge in [0.2, 0.25) is 0 Å². The third-order valence-corrected chi connectivity index (χ3v) is 3.80. The lowest BCUT2D eigenvalue weighted by Gasteiger charge is -2.14. The Hall–Kier alpha value is -2.55. The zero-order valence-electron chi connectivity index (χ0n) is 10.3. The molecule has 0 aliphatic heterocycles. The molecule has 2 aromatic heterocycles. The predicted octanol–water partition coefficient (Wildman–Crippen LogP) is 2.43. The summed E-state index contributed by atoms with van der Waals surface area (Å²) in [4.78, 5) is 12.4. The molecule has 0 radical (unpaired) electrons. The minimum Gasteiger partial charge on any atom is -0.872 e. The van der Waals surface area contributed by atoms with E-state index in [4.69, 9.17) is 0 Å². The topological polar surface area (TPSA) is 44.5 Å². The van der Waals surface area contributed by atoms with Gasteiger partial charge in [0.05, 0.1) is 11.0 Å². The Kier molecular flexibility index (Phi) is 1.78. The van der Waals surface area contributed by atoms with Crippen molar-refractivity contribution in [3.63, 3.8) is 0 Å². The molecular weight excluding hydrogens is 238 g/mol. The molecule has 0 saturated carbocycles. The lowest BCUT2D eigenvalue weighted by Crippen LogP contribution is -2.17. The summed E-state index contributed by atoms with van der Waals surface area (Å²) in [6, 6.07) is 13.4. The molecule has 0 spiro atoms. The van der Waals surface area contributed by atoms with Crippen molar-refractivity contribution in [2.75, 3.05) is 0 Å². The van der Waals surface area contributed by atoms with Crippen LogP contribution >= 0.6 is 0 Å². The second-order valence-corrected chi connectivity index (χ2v) is 4.81. The summed E-state index contributed by atoms with van der Waals surface area (Å²) in [5.41, 5.74) is 1.67. The van der Waals surface area contributed by atoms with E-state index in [0.29, 0.717) is 5.39 Å². The Balaban J connectivity index is 2.55. The number of pyridine rings is 1. The van der Waals surface area contributed by atoms with Crippen molar-refractivity contribution in [2.45, 2.75) is 6.92 Å². The highest BCUT2D eigenvalue weighted by Crippen LogP contribution is 2.34. The first kappa shape index (κ1) is 10.4. The molecule has 0 bridgehead atoms. The summed E-state index contributed by atoms with van der Waals surface area (Å²) in [5, 5.41) is 14.8. The molecule has 3 nitrogen and oxygen atoms in total. The molecule has 0 saturated heterocycles. The lowest BCUT2D eigenvalue weighted by atomic mass is 10.1. The molecule has 4 aromatic rings. The van der Waals surface area contributed by atoms with Crippen LogP contribution in [0.3, 0.4) is 0 Å². The van der Waals surface area contributed by atoms with Crippen molar-refractivity contribution in [3.05, 3.63) is 58.4 Å². The largest absolute Gasteiger partial charge is 0.872 e. The quantitative estimate of drug-likeness (QED) is 0.479. The summed E-state index contributed by atoms with van der Waals surface area (Å²) < 4.78 is 1.66. The average Bonchev–Trinajstić information content (AvgIpc) is 2.78. The maximum absolute atomic E-state index is 12.4. The average molecular weight is 248 g/mol. The minimum atomic E-state index is -0.213. The minimum absolute atomic E-state index is 0.161. The Bertz CT molecular complexity index is 998. The van der Waals surface area contributed by atoms with Gasteiger partial charge in [-0.1, -0.05) is 42.1 Å². The van der Waals surface area contributed by atoms with Crippen molar-refractivity contribution in [1.29, 1.82) is 0 Å². The van der Waals surface area contributed by atoms with Crippen LogP contribution in [0.25, 0.3) is 27.2 Å². The zero-order chi connectivity index (χ0) is 13.1. The highest BCUT2D eigenvalue weighted by Gasteiger charge is 2.14. The fourth-order valence-corrected chi connectivity index (χ4v) is 2.88. The van der Waals surface area contributed by atoms with Crippen molar-refractivity contribution < 1.29 is 5.11 Å². The summed E-state index contributed by atoms with van der Waals surface area (Å²) >= 11 is 0. The Morgan fingerprint density at radius 3 is 2.47 bits per heavy atom. The number of aromatic nitrogens is 1. The molecule has 0 aliphatic rings. The third kappa shape index (κ3) is 1.10. The molecule has 0 unspecified atom stereocenters. The van der Waals surface area contributed by atoms with E-state index in [9.17, 15) is 9.90 Å². The van der Waals surface area contributed by atoms with Gasteiger partial charge in [0.1, 0.15) is 0 Å². The van der Waals surface area contributed by atoms with Crippen molar-refractivity contribution in [2.24, 2.45) is 0 Å². The van der Waals surface area contributed by atoms with Crippen LogP contribution < -0.4 is 10.7 Å². The summed E-state index contributed by atoms with van der Waals surface area (Å²) in [7, 11) is 0. The highest BCUT2D eigenvalue weighted by molar-refractivity contribution is 6.14. The van der Waals surface area contributed by atoms with Crippen molar-refractivity contribution in [3.8, 4) is 5.75 Å². The fourth-order valence-electron chi connectivity index (χ4n) is 2.88. The normalized spacial score (nSPS) is 11.8. The van der Waals surface area contributed by atoms with Gasteiger partial charge in [0.15, 0.2) is 0 Å². The van der Waals surface area contributed by atoms with Crippen LogP contribution in [0.5, 0.6) is 5.75 Å². The Morgan fingerprint density at radius 2 is 1.63 bits per heavy atom. The monoisotopic (exact) mass is 248 g/mol. The first-order valence-electron chi connectivity index (χ1n) is 6.15. The number of hydrogen-bond donors (Lipinski definition) is 0. The van der Waals surface area contributed by atoms with E-state index in [0.717, 1.165) is 21.8 Å². The molecule has 2 heterocycles. The molecule has 0 N–H and O–H groups in total. The molecule has 2 aromatic carbocycles. The molecule has 4 rings (SSSR count). The van der Waals surface area contributed by atoms with Crippen LogP contribution in [-0.2, 0) is 0 Å². The summed E-state index contributed by atoms with van der Waals surface area (Å²) in [5.74, 6) is -0.161. The standard InChI is InChI=1S/C16H11NO2/c1-9-15(18)12-7-4-6-11-10-5-2-3-8-13(10)17(14(11)12)16(9)19/h2-8,18H,1H3/p-1. The van der Waals surface area contributed by atoms with Gasteiger partial charge in [-0.3, -0.25) is 9.20 Å². The molecule has 0 aliphatic carbocycles. The molecule has 92 valence electrons. The number of fused-ring (bicyclic) bond motifs is 3. The molecule has 3 heteroatoms. The number of hydrogen-bond acceptors (Lipinski definition) is 2. The molecule has 0 amide bonds. The van der Waals surface area contributed by atoms with E-state index in [1.807, 2.05) is 36.4 Å². The van der Waals surface area contributed by atoms with Crippen molar-refractivity contribution >= 4 is 27.2 Å². The first-order chi connectivity index (χ1) is 9.20. The highest BCUT2D eigenvalue weighted by atomic mass is 16.3. The summed E-state index contributed by atoms with van der Waals surface area (Å²) in [6.07, 6.45) is 0. The predicted molar refractivity (Wildman–Crippen MR) is 74.0 cm³/mol. The second kappa shape index (κ2) is 3.26. The lowest BCUT2D eigenvalue weighted by molar-refractivity contribution is -0.266. The van der Waals surface area contributed by atoms with E-state index in [-0.39, 0.29) is 16.9 Å². The first-order valence-corrected chi connectivity index (χ1v) is 6.15. The third-order valence-electron chi connectivity index (χ3n) is 3.80. The second-order valence-electron chi connectivity index (χ2n) is 4.81. The number of benzene rings is 2. The van der Waals surface area contributed by atoms with Crippen LogP contribution in [-0.4, -0.2) is 4.40 Å². The van der Waals surface area contributed by atoms with E-state index in [1.165, 1.54) is 0 Å². The summed E-state index contributed by atoms with van der Waals surface area (Å²) in [6.45, 7) is 1.60. The van der Waals surface area contributed by atoms with Crippen molar-refractivity contribution in [1.82, 2.24) is 4.40 Å². The van der Waals surface area contributed by atoms with Gasteiger partial charge >= 0.3 is 0 Å². The van der Waals surface area contributed by atoms with E-state index < -0.39 is 0 Å². The molecular formula is C16H10NO2-. The number of nitrogens with zero attached hydrogens (tertiary/aromatic N) is 1. The van der Waals surface area contributed by atoms with Gasteiger partial charge in [-0.2, -0.15) is 0 Å². The van der Waals surface area contributed by atoms with Gasteiger partial charge in [-0.05, 0) is 18.4 Å². The SMILES string of the molecule is Cc1c([O-])c2cccc3c4ccccc4n(c1=O)c23. The Labute approximate surface area is 108 Å². The van der Waals surface area contributed by atoms with Gasteiger partial charge in [-0.15, -0.1) is 0 Å². The number of para-hydroxylation sites is 2. The smallest absolute Gasteiger partial charge is 0.257 e. The van der Waals surface area contributed by atoms with Crippen LogP contribution in [0, 0.1) is 6.92 Å². The zero-order valence-corrected chi connectivity index (χ0v) is 10.3. The number of rotatable bonds is 0. The maximum atomic E-state index is 12.4.